The Labute approximate surface area is 279 Å². The summed E-state index contributed by atoms with van der Waals surface area (Å²) in [6, 6.07) is 7.61. The Morgan fingerprint density at radius 1 is 0.915 bits per heavy atom. The molecule has 5 heterocycles. The van der Waals surface area contributed by atoms with Gasteiger partial charge >= 0.3 is 0 Å². The molecule has 4 aromatic rings. The minimum atomic E-state index is -0.430. The Morgan fingerprint density at radius 2 is 1.53 bits per heavy atom. The first kappa shape index (κ1) is 32.8. The summed E-state index contributed by atoms with van der Waals surface area (Å²) in [7, 11) is 3.74. The molecule has 0 radical (unpaired) electrons. The quantitative estimate of drug-likeness (QED) is 0.257. The van der Waals surface area contributed by atoms with E-state index in [2.05, 4.69) is 44.2 Å². The maximum atomic E-state index is 13.5. The van der Waals surface area contributed by atoms with Gasteiger partial charge in [0, 0.05) is 94.5 Å². The number of halogens is 1. The molecule has 0 saturated heterocycles. The van der Waals surface area contributed by atoms with Crippen molar-refractivity contribution in [1.82, 2.24) is 33.9 Å². The van der Waals surface area contributed by atoms with Gasteiger partial charge < -0.3 is 24.9 Å². The molecule has 47 heavy (non-hydrogen) atoms. The molecule has 13 heteroatoms. The van der Waals surface area contributed by atoms with E-state index in [0.717, 1.165) is 59.8 Å². The van der Waals surface area contributed by atoms with Gasteiger partial charge in [0.2, 0.25) is 0 Å². The summed E-state index contributed by atoms with van der Waals surface area (Å²) in [6.45, 7) is 11.6. The molecule has 2 aliphatic rings. The van der Waals surface area contributed by atoms with Crippen molar-refractivity contribution in [3.05, 3.63) is 75.5 Å². The second-order valence-electron chi connectivity index (χ2n) is 12.8. The summed E-state index contributed by atoms with van der Waals surface area (Å²) in [4.78, 5) is 45.4. The van der Waals surface area contributed by atoms with Gasteiger partial charge in [-0.25, -0.2) is 9.97 Å². The zero-order chi connectivity index (χ0) is 33.6. The van der Waals surface area contributed by atoms with E-state index in [4.69, 9.17) is 16.6 Å². The highest BCUT2D eigenvalue weighted by atomic mass is 35.5. The van der Waals surface area contributed by atoms with Crippen LogP contribution in [0.5, 0.6) is 0 Å². The molecule has 2 amide bonds. The first-order chi connectivity index (χ1) is 22.4. The van der Waals surface area contributed by atoms with Crippen LogP contribution in [0.15, 0.2) is 30.5 Å². The van der Waals surface area contributed by atoms with E-state index in [9.17, 15) is 14.7 Å². The smallest absolute Gasteiger partial charge is 0.291 e. The van der Waals surface area contributed by atoms with Crippen LogP contribution in [0.25, 0.3) is 11.3 Å². The first-order valence-electron chi connectivity index (χ1n) is 16.0. The van der Waals surface area contributed by atoms with Crippen LogP contribution >= 0.6 is 11.6 Å². The van der Waals surface area contributed by atoms with Crippen LogP contribution in [0.1, 0.15) is 70.3 Å². The van der Waals surface area contributed by atoms with E-state index in [1.54, 1.807) is 19.2 Å². The number of nitrogens with one attached hydrogen (secondary N) is 2. The average molecular weight is 660 g/mol. The molecule has 1 unspecified atom stereocenters. The number of carbonyl (C=O) groups excluding carboxylic acids is 2. The molecule has 248 valence electrons. The molecule has 0 spiro atoms. The van der Waals surface area contributed by atoms with Gasteiger partial charge in [0.15, 0.2) is 11.6 Å². The number of imidazole rings is 2. The molecule has 3 N–H and O–H groups in total. The lowest BCUT2D eigenvalue weighted by atomic mass is 10.0. The van der Waals surface area contributed by atoms with Gasteiger partial charge in [-0.3, -0.25) is 24.4 Å². The number of benzene rings is 1. The van der Waals surface area contributed by atoms with E-state index in [1.807, 2.05) is 48.4 Å². The average Bonchev–Trinajstić information content (AvgIpc) is 3.54. The SMILES string of the molecule is Cc1c(NC(=O)c2nc3c(n2C)CCN(CC(C)O)C3)cccc1-c1nccc(NC(=O)c2nc3c(n2C)CCN(C(C)C)C3)c1Cl. The van der Waals surface area contributed by atoms with Crippen molar-refractivity contribution in [2.45, 2.75) is 65.8 Å². The van der Waals surface area contributed by atoms with Crippen molar-refractivity contribution in [2.75, 3.05) is 30.3 Å². The number of aliphatic hydroxyl groups is 1. The highest BCUT2D eigenvalue weighted by Gasteiger charge is 2.28. The molecule has 3 aromatic heterocycles. The maximum absolute atomic E-state index is 13.5. The van der Waals surface area contributed by atoms with E-state index in [0.29, 0.717) is 54.4 Å². The third kappa shape index (κ3) is 6.42. The van der Waals surface area contributed by atoms with Crippen molar-refractivity contribution in [2.24, 2.45) is 14.1 Å². The van der Waals surface area contributed by atoms with E-state index in [1.165, 1.54) is 0 Å². The summed E-state index contributed by atoms with van der Waals surface area (Å²) >= 11 is 6.89. The summed E-state index contributed by atoms with van der Waals surface area (Å²) in [6.07, 6.45) is 2.76. The molecule has 0 saturated carbocycles. The summed E-state index contributed by atoms with van der Waals surface area (Å²) in [5.74, 6) is -0.00452. The Balaban J connectivity index is 1.21. The number of hydrogen-bond donors (Lipinski definition) is 3. The lowest BCUT2D eigenvalue weighted by Gasteiger charge is -2.29. The number of anilines is 2. The van der Waals surface area contributed by atoms with Crippen LogP contribution in [0.4, 0.5) is 11.4 Å². The van der Waals surface area contributed by atoms with E-state index in [-0.39, 0.29) is 16.8 Å². The predicted octanol–water partition coefficient (Wildman–Crippen LogP) is 4.19. The molecule has 1 aromatic carbocycles. The van der Waals surface area contributed by atoms with Crippen molar-refractivity contribution in [1.29, 1.82) is 0 Å². The number of nitrogens with zero attached hydrogens (tertiary/aromatic N) is 7. The topological polar surface area (TPSA) is 133 Å². The normalized spacial score (nSPS) is 15.8. The van der Waals surface area contributed by atoms with Gasteiger partial charge in [0.05, 0.1) is 33.9 Å². The molecule has 0 bridgehead atoms. The van der Waals surface area contributed by atoms with Crippen molar-refractivity contribution < 1.29 is 14.7 Å². The van der Waals surface area contributed by atoms with Crippen molar-refractivity contribution >= 4 is 34.8 Å². The zero-order valence-electron chi connectivity index (χ0n) is 27.8. The maximum Gasteiger partial charge on any atom is 0.291 e. The number of β-amino-alcohol motifs (C(OH)–C–C–N with tert-alkyl or cyclic N) is 1. The fourth-order valence-corrected chi connectivity index (χ4v) is 6.88. The molecule has 6 rings (SSSR count). The molecular formula is C34H42ClN9O3. The number of fused-ring (bicyclic) bond motifs is 2. The Morgan fingerprint density at radius 3 is 2.17 bits per heavy atom. The fraction of sp³-hybridized carbons (Fsp3) is 0.441. The molecule has 12 nitrogen and oxygen atoms in total. The molecule has 1 atom stereocenters. The van der Waals surface area contributed by atoms with Crippen LogP contribution in [0.2, 0.25) is 5.02 Å². The highest BCUT2D eigenvalue weighted by molar-refractivity contribution is 6.36. The van der Waals surface area contributed by atoms with Crippen LogP contribution in [0, 0.1) is 6.92 Å². The highest BCUT2D eigenvalue weighted by Crippen LogP contribution is 2.36. The molecule has 0 fully saturated rings. The van der Waals surface area contributed by atoms with Gasteiger partial charge in [-0.1, -0.05) is 23.7 Å². The number of pyridine rings is 1. The number of aliphatic hydroxyl groups excluding tert-OH is 1. The molecule has 2 aliphatic heterocycles. The van der Waals surface area contributed by atoms with Crippen LogP contribution < -0.4 is 10.6 Å². The number of aromatic nitrogens is 5. The Kier molecular flexibility index (Phi) is 9.21. The second-order valence-corrected chi connectivity index (χ2v) is 13.2. The second kappa shape index (κ2) is 13.2. The van der Waals surface area contributed by atoms with Crippen LogP contribution in [-0.4, -0.2) is 82.6 Å². The van der Waals surface area contributed by atoms with E-state index >= 15 is 0 Å². The first-order valence-corrected chi connectivity index (χ1v) is 16.4. The Hall–Kier alpha value is -4.10. The number of carbonyl (C=O) groups is 2. The van der Waals surface area contributed by atoms with Crippen molar-refractivity contribution in [3.63, 3.8) is 0 Å². The van der Waals surface area contributed by atoms with Crippen molar-refractivity contribution in [3.8, 4) is 11.3 Å². The standard InChI is InChI=1S/C34H42ClN9O3/c1-19(2)44-15-12-28-26(18-44)38-32(42(28)6)34(47)40-24-10-13-36-30(29(24)35)22-8-7-9-23(21(22)4)39-33(46)31-37-25-17-43(16-20(3)45)14-11-27(25)41(31)5/h7-10,13,19-20,45H,11-12,14-18H2,1-6H3,(H,39,46)(H,36,40,47). The number of rotatable bonds is 8. The van der Waals surface area contributed by atoms with Crippen LogP contribution in [-0.2, 0) is 40.0 Å². The molecule has 0 aliphatic carbocycles. The van der Waals surface area contributed by atoms with Gasteiger partial charge in [-0.05, 0) is 45.4 Å². The third-order valence-corrected chi connectivity index (χ3v) is 9.64. The predicted molar refractivity (Wildman–Crippen MR) is 182 cm³/mol. The lowest BCUT2D eigenvalue weighted by molar-refractivity contribution is 0.100. The monoisotopic (exact) mass is 659 g/mol. The van der Waals surface area contributed by atoms with Gasteiger partial charge in [-0.2, -0.15) is 0 Å². The largest absolute Gasteiger partial charge is 0.392 e. The Bertz CT molecular complexity index is 1840. The lowest BCUT2D eigenvalue weighted by Crippen LogP contribution is -2.36. The molecular weight excluding hydrogens is 618 g/mol. The minimum Gasteiger partial charge on any atom is -0.392 e. The minimum absolute atomic E-state index is 0.288. The van der Waals surface area contributed by atoms with Gasteiger partial charge in [0.25, 0.3) is 11.8 Å². The van der Waals surface area contributed by atoms with E-state index < -0.39 is 6.10 Å². The number of amides is 2. The summed E-state index contributed by atoms with van der Waals surface area (Å²) in [5.41, 5.74) is 6.88. The summed E-state index contributed by atoms with van der Waals surface area (Å²) in [5, 5.41) is 16.1. The van der Waals surface area contributed by atoms with Gasteiger partial charge in [-0.15, -0.1) is 0 Å². The number of hydrogen-bond acceptors (Lipinski definition) is 8. The fourth-order valence-electron chi connectivity index (χ4n) is 6.62. The zero-order valence-corrected chi connectivity index (χ0v) is 28.5. The third-order valence-electron chi connectivity index (χ3n) is 9.25. The van der Waals surface area contributed by atoms with Crippen LogP contribution in [0.3, 0.4) is 0 Å². The summed E-state index contributed by atoms with van der Waals surface area (Å²) < 4.78 is 3.73. The van der Waals surface area contributed by atoms with Gasteiger partial charge in [0.1, 0.15) is 0 Å².